The third-order valence-corrected chi connectivity index (χ3v) is 4.52. The number of nitrogens with one attached hydrogen (secondary N) is 1. The van der Waals surface area contributed by atoms with Crippen molar-refractivity contribution in [2.24, 2.45) is 11.8 Å². The highest BCUT2D eigenvalue weighted by molar-refractivity contribution is 5.36. The molecule has 0 saturated heterocycles. The van der Waals surface area contributed by atoms with E-state index >= 15 is 0 Å². The van der Waals surface area contributed by atoms with Crippen molar-refractivity contribution in [1.29, 1.82) is 0 Å². The molecule has 0 spiro atoms. The molecule has 4 heteroatoms. The molecule has 0 aliphatic heterocycles. The Balaban J connectivity index is 1.38. The highest BCUT2D eigenvalue weighted by atomic mass is 15.2. The minimum Gasteiger partial charge on any atom is -0.355 e. The molecule has 0 bridgehead atoms. The van der Waals surface area contributed by atoms with Crippen LogP contribution in [-0.4, -0.2) is 29.1 Å². The monoisotopic (exact) mass is 272 g/mol. The molecule has 0 aromatic carbocycles. The maximum Gasteiger partial charge on any atom is 0.147 e. The molecule has 0 unspecified atom stereocenters. The first-order valence-corrected chi connectivity index (χ1v) is 8.16. The molecule has 0 amide bonds. The van der Waals surface area contributed by atoms with Gasteiger partial charge in [0.2, 0.25) is 0 Å². The largest absolute Gasteiger partial charge is 0.355 e. The lowest BCUT2D eigenvalue weighted by atomic mass is 10.3. The van der Waals surface area contributed by atoms with Crippen LogP contribution in [0.4, 0.5) is 5.82 Å². The van der Waals surface area contributed by atoms with Gasteiger partial charge in [-0.1, -0.05) is 0 Å². The minimum absolute atomic E-state index is 0.734. The summed E-state index contributed by atoms with van der Waals surface area (Å²) >= 11 is 0. The average molecular weight is 272 g/mol. The second-order valence-electron chi connectivity index (χ2n) is 6.81. The zero-order chi connectivity index (χ0) is 13.4. The van der Waals surface area contributed by atoms with E-state index < -0.39 is 0 Å². The molecule has 108 valence electrons. The van der Waals surface area contributed by atoms with Gasteiger partial charge in [-0.3, -0.25) is 4.98 Å². The van der Waals surface area contributed by atoms with Crippen LogP contribution in [0, 0.1) is 11.8 Å². The molecule has 1 aromatic rings. The lowest BCUT2D eigenvalue weighted by molar-refractivity contribution is 0.657. The summed E-state index contributed by atoms with van der Waals surface area (Å²) in [7, 11) is 0. The normalized spacial score (nSPS) is 22.0. The second-order valence-corrected chi connectivity index (χ2v) is 6.81. The smallest absolute Gasteiger partial charge is 0.147 e. The van der Waals surface area contributed by atoms with Crippen molar-refractivity contribution < 1.29 is 0 Å². The van der Waals surface area contributed by atoms with Gasteiger partial charge in [-0.2, -0.15) is 0 Å². The summed E-state index contributed by atoms with van der Waals surface area (Å²) in [6, 6.07) is 0.734. The molecule has 3 aliphatic carbocycles. The van der Waals surface area contributed by atoms with Crippen LogP contribution in [0.5, 0.6) is 0 Å². The van der Waals surface area contributed by atoms with Gasteiger partial charge >= 0.3 is 0 Å². The van der Waals surface area contributed by atoms with Gasteiger partial charge in [0.15, 0.2) is 0 Å². The zero-order valence-corrected chi connectivity index (χ0v) is 12.1. The van der Waals surface area contributed by atoms with Gasteiger partial charge in [0.1, 0.15) is 5.82 Å². The van der Waals surface area contributed by atoms with E-state index in [4.69, 9.17) is 0 Å². The fourth-order valence-corrected chi connectivity index (χ4v) is 2.62. The Labute approximate surface area is 121 Å². The zero-order valence-electron chi connectivity index (χ0n) is 12.1. The fourth-order valence-electron chi connectivity index (χ4n) is 2.62. The van der Waals surface area contributed by atoms with E-state index in [9.17, 15) is 0 Å². The first kappa shape index (κ1) is 12.6. The SMILES string of the molecule is c1nc(N(CC2CC2)CC2CC2)cnc1CNC1CC1. The third-order valence-electron chi connectivity index (χ3n) is 4.52. The topological polar surface area (TPSA) is 41.1 Å². The van der Waals surface area contributed by atoms with Crippen LogP contribution < -0.4 is 10.2 Å². The maximum absolute atomic E-state index is 4.66. The number of rotatable bonds is 8. The summed E-state index contributed by atoms with van der Waals surface area (Å²) in [5.74, 6) is 2.90. The average Bonchev–Trinajstić information content (AvgIpc) is 3.32. The molecule has 4 nitrogen and oxygen atoms in total. The van der Waals surface area contributed by atoms with Gasteiger partial charge in [-0.15, -0.1) is 0 Å². The van der Waals surface area contributed by atoms with E-state index in [-0.39, 0.29) is 0 Å². The van der Waals surface area contributed by atoms with E-state index in [2.05, 4.69) is 20.2 Å². The Hall–Kier alpha value is -1.16. The van der Waals surface area contributed by atoms with Crippen LogP contribution in [0.2, 0.25) is 0 Å². The minimum atomic E-state index is 0.734. The molecule has 1 N–H and O–H groups in total. The van der Waals surface area contributed by atoms with Crippen LogP contribution in [0.3, 0.4) is 0 Å². The van der Waals surface area contributed by atoms with Crippen molar-refractivity contribution in [2.45, 2.75) is 51.1 Å². The number of hydrogen-bond donors (Lipinski definition) is 1. The van der Waals surface area contributed by atoms with Crippen molar-refractivity contribution in [3.05, 3.63) is 18.1 Å². The molecule has 0 atom stereocenters. The third kappa shape index (κ3) is 3.48. The van der Waals surface area contributed by atoms with Crippen molar-refractivity contribution in [1.82, 2.24) is 15.3 Å². The summed E-state index contributed by atoms with van der Waals surface area (Å²) in [5.41, 5.74) is 1.07. The predicted octanol–water partition coefficient (Wildman–Crippen LogP) is 2.36. The van der Waals surface area contributed by atoms with E-state index in [0.29, 0.717) is 0 Å². The Kier molecular flexibility index (Phi) is 3.34. The number of aromatic nitrogens is 2. The van der Waals surface area contributed by atoms with Gasteiger partial charge in [-0.25, -0.2) is 4.98 Å². The highest BCUT2D eigenvalue weighted by Crippen LogP contribution is 2.35. The summed E-state index contributed by atoms with van der Waals surface area (Å²) in [6.07, 6.45) is 12.2. The van der Waals surface area contributed by atoms with E-state index in [1.807, 2.05) is 12.4 Å². The standard InChI is InChI=1S/C16H24N4/c1-2-12(1)10-20(11-13-3-4-13)16-9-18-15(8-19-16)7-17-14-5-6-14/h8-9,12-14,17H,1-7,10-11H2. The van der Waals surface area contributed by atoms with Gasteiger partial charge in [0, 0.05) is 25.7 Å². The van der Waals surface area contributed by atoms with Gasteiger partial charge in [0.25, 0.3) is 0 Å². The molecular formula is C16H24N4. The molecule has 3 fully saturated rings. The van der Waals surface area contributed by atoms with Crippen molar-refractivity contribution >= 4 is 5.82 Å². The quantitative estimate of drug-likeness (QED) is 0.789. The summed E-state index contributed by atoms with van der Waals surface area (Å²) < 4.78 is 0. The Morgan fingerprint density at radius 2 is 1.65 bits per heavy atom. The number of anilines is 1. The molecule has 0 radical (unpaired) electrons. The number of nitrogens with zero attached hydrogens (tertiary/aromatic N) is 3. The summed E-state index contributed by atoms with van der Waals surface area (Å²) in [6.45, 7) is 3.24. The predicted molar refractivity (Wildman–Crippen MR) is 79.6 cm³/mol. The Morgan fingerprint density at radius 1 is 0.950 bits per heavy atom. The molecular weight excluding hydrogens is 248 g/mol. The van der Waals surface area contributed by atoms with E-state index in [0.717, 1.165) is 35.9 Å². The highest BCUT2D eigenvalue weighted by Gasteiger charge is 2.30. The van der Waals surface area contributed by atoms with Crippen molar-refractivity contribution in [3.8, 4) is 0 Å². The first-order chi connectivity index (χ1) is 9.87. The molecule has 20 heavy (non-hydrogen) atoms. The maximum atomic E-state index is 4.66. The first-order valence-electron chi connectivity index (χ1n) is 8.16. The molecule has 3 aliphatic rings. The van der Waals surface area contributed by atoms with Gasteiger partial charge in [-0.05, 0) is 50.4 Å². The molecule has 1 aromatic heterocycles. The molecule has 1 heterocycles. The van der Waals surface area contributed by atoms with Crippen molar-refractivity contribution in [3.63, 3.8) is 0 Å². The molecule has 4 rings (SSSR count). The van der Waals surface area contributed by atoms with Crippen LogP contribution >= 0.6 is 0 Å². The van der Waals surface area contributed by atoms with Crippen LogP contribution in [-0.2, 0) is 6.54 Å². The lowest BCUT2D eigenvalue weighted by Gasteiger charge is -2.23. The van der Waals surface area contributed by atoms with Gasteiger partial charge < -0.3 is 10.2 Å². The lowest BCUT2D eigenvalue weighted by Crippen LogP contribution is -2.29. The summed E-state index contributed by atoms with van der Waals surface area (Å²) in [4.78, 5) is 11.7. The van der Waals surface area contributed by atoms with E-state index in [1.165, 1.54) is 51.6 Å². The summed E-state index contributed by atoms with van der Waals surface area (Å²) in [5, 5.41) is 3.49. The Bertz CT molecular complexity index is 432. The molecule has 3 saturated carbocycles. The van der Waals surface area contributed by atoms with Crippen LogP contribution in [0.15, 0.2) is 12.4 Å². The van der Waals surface area contributed by atoms with Crippen molar-refractivity contribution in [2.75, 3.05) is 18.0 Å². The Morgan fingerprint density at radius 3 is 2.15 bits per heavy atom. The van der Waals surface area contributed by atoms with Crippen LogP contribution in [0.1, 0.15) is 44.2 Å². The second kappa shape index (κ2) is 5.32. The fraction of sp³-hybridized carbons (Fsp3) is 0.750. The van der Waals surface area contributed by atoms with Gasteiger partial charge in [0.05, 0.1) is 18.1 Å². The van der Waals surface area contributed by atoms with Crippen LogP contribution in [0.25, 0.3) is 0 Å². The number of hydrogen-bond acceptors (Lipinski definition) is 4. The van der Waals surface area contributed by atoms with E-state index in [1.54, 1.807) is 0 Å².